The first-order chi connectivity index (χ1) is 25.5. The van der Waals surface area contributed by atoms with Gasteiger partial charge in [-0.05, 0) is 118 Å². The predicted molar refractivity (Wildman–Crippen MR) is 220 cm³/mol. The lowest BCUT2D eigenvalue weighted by atomic mass is 9.80. The number of fused-ring (bicyclic) bond motifs is 9. The van der Waals surface area contributed by atoms with Crippen LogP contribution in [0.4, 0.5) is 0 Å². The van der Waals surface area contributed by atoms with E-state index in [4.69, 9.17) is 4.42 Å². The summed E-state index contributed by atoms with van der Waals surface area (Å²) in [5.41, 5.74) is 14.6. The molecule has 0 N–H and O–H groups in total. The Kier molecular flexibility index (Phi) is 6.08. The number of rotatable bonds is 3. The van der Waals surface area contributed by atoms with Crippen LogP contribution in [-0.2, 0) is 5.41 Å². The van der Waals surface area contributed by atoms with Gasteiger partial charge in [-0.15, -0.1) is 0 Å². The van der Waals surface area contributed by atoms with Crippen LogP contribution < -0.4 is 0 Å². The lowest BCUT2D eigenvalue weighted by molar-refractivity contribution is 0.660. The van der Waals surface area contributed by atoms with Crippen molar-refractivity contribution in [2.45, 2.75) is 19.3 Å². The summed E-state index contributed by atoms with van der Waals surface area (Å²) in [4.78, 5) is 0. The summed E-state index contributed by atoms with van der Waals surface area (Å²) in [5, 5.41) is 9.77. The van der Waals surface area contributed by atoms with Crippen molar-refractivity contribution in [2.75, 3.05) is 0 Å². The maximum Gasteiger partial charge on any atom is 0.136 e. The highest BCUT2D eigenvalue weighted by Crippen LogP contribution is 2.52. The van der Waals surface area contributed by atoms with Gasteiger partial charge in [0.05, 0.1) is 0 Å². The van der Waals surface area contributed by atoms with Crippen LogP contribution in [0.1, 0.15) is 25.0 Å². The number of para-hydroxylation sites is 1. The van der Waals surface area contributed by atoms with Gasteiger partial charge in [-0.1, -0.05) is 153 Å². The largest absolute Gasteiger partial charge is 0.456 e. The Balaban J connectivity index is 1.26. The molecule has 0 aliphatic heterocycles. The molecular weight excluding hydrogens is 629 g/mol. The monoisotopic (exact) mass is 662 g/mol. The topological polar surface area (TPSA) is 13.1 Å². The lowest BCUT2D eigenvalue weighted by Crippen LogP contribution is -2.14. The molecule has 52 heavy (non-hydrogen) atoms. The average molecular weight is 663 g/mol. The van der Waals surface area contributed by atoms with E-state index in [-0.39, 0.29) is 5.41 Å². The molecule has 0 spiro atoms. The van der Waals surface area contributed by atoms with Crippen LogP contribution in [0.3, 0.4) is 0 Å². The van der Waals surface area contributed by atoms with Crippen LogP contribution >= 0.6 is 0 Å². The minimum atomic E-state index is -0.0955. The van der Waals surface area contributed by atoms with E-state index < -0.39 is 0 Å². The van der Waals surface area contributed by atoms with Gasteiger partial charge in [0.25, 0.3) is 0 Å². The summed E-state index contributed by atoms with van der Waals surface area (Å²) >= 11 is 0. The van der Waals surface area contributed by atoms with Crippen molar-refractivity contribution in [3.63, 3.8) is 0 Å². The Morgan fingerprint density at radius 1 is 0.365 bits per heavy atom. The van der Waals surface area contributed by atoms with Crippen molar-refractivity contribution < 1.29 is 4.42 Å². The molecule has 0 atom stereocenters. The molecule has 0 saturated heterocycles. The first kappa shape index (κ1) is 29.3. The van der Waals surface area contributed by atoms with Gasteiger partial charge in [-0.3, -0.25) is 0 Å². The molecule has 1 aliphatic carbocycles. The summed E-state index contributed by atoms with van der Waals surface area (Å²) in [6.45, 7) is 4.74. The SMILES string of the molecule is CC1(C)c2ccccc2-c2ccc(-c3c4ccccc4c(-c4cccc5oc6ccccc6c45)c4ccc(-c5ccc6ccccc6c5)cc34)cc21. The molecule has 1 nitrogen and oxygen atoms in total. The van der Waals surface area contributed by atoms with Gasteiger partial charge >= 0.3 is 0 Å². The van der Waals surface area contributed by atoms with E-state index in [9.17, 15) is 0 Å². The molecule has 0 fully saturated rings. The highest BCUT2D eigenvalue weighted by Gasteiger charge is 2.35. The molecule has 244 valence electrons. The molecule has 0 saturated carbocycles. The van der Waals surface area contributed by atoms with Gasteiger partial charge < -0.3 is 4.42 Å². The van der Waals surface area contributed by atoms with Crippen LogP contribution in [0, 0.1) is 0 Å². The maximum atomic E-state index is 6.43. The molecule has 0 radical (unpaired) electrons. The summed E-state index contributed by atoms with van der Waals surface area (Å²) < 4.78 is 6.43. The third kappa shape index (κ3) is 4.11. The van der Waals surface area contributed by atoms with Crippen molar-refractivity contribution in [1.29, 1.82) is 0 Å². The molecular formula is C51H34O. The Hall–Kier alpha value is -6.44. The quantitative estimate of drug-likeness (QED) is 0.172. The predicted octanol–water partition coefficient (Wildman–Crippen LogP) is 14.4. The number of furan rings is 1. The zero-order chi connectivity index (χ0) is 34.6. The van der Waals surface area contributed by atoms with E-state index in [0.717, 1.165) is 21.9 Å². The van der Waals surface area contributed by atoms with Crippen molar-refractivity contribution in [1.82, 2.24) is 0 Å². The van der Waals surface area contributed by atoms with Crippen LogP contribution in [0.5, 0.6) is 0 Å². The van der Waals surface area contributed by atoms with Gasteiger partial charge in [-0.25, -0.2) is 0 Å². The van der Waals surface area contributed by atoms with Crippen LogP contribution in [0.15, 0.2) is 174 Å². The molecule has 0 amide bonds. The Labute approximate surface area is 302 Å². The molecule has 1 aliphatic rings. The van der Waals surface area contributed by atoms with E-state index in [1.807, 2.05) is 0 Å². The summed E-state index contributed by atoms with van der Waals surface area (Å²) in [6.07, 6.45) is 0. The highest BCUT2D eigenvalue weighted by atomic mass is 16.3. The summed E-state index contributed by atoms with van der Waals surface area (Å²) in [7, 11) is 0. The van der Waals surface area contributed by atoms with Crippen molar-refractivity contribution in [3.8, 4) is 44.5 Å². The molecule has 10 aromatic rings. The van der Waals surface area contributed by atoms with Crippen LogP contribution in [-0.4, -0.2) is 0 Å². The average Bonchev–Trinajstić information content (AvgIpc) is 3.68. The van der Waals surface area contributed by atoms with Crippen molar-refractivity contribution in [2.24, 2.45) is 0 Å². The Bertz CT molecular complexity index is 3100. The highest BCUT2D eigenvalue weighted by molar-refractivity contribution is 6.26. The van der Waals surface area contributed by atoms with Crippen LogP contribution in [0.2, 0.25) is 0 Å². The second-order valence-corrected chi connectivity index (χ2v) is 14.8. The molecule has 11 rings (SSSR count). The zero-order valence-corrected chi connectivity index (χ0v) is 29.1. The molecule has 1 heteroatoms. The second kappa shape index (κ2) is 10.8. The maximum absolute atomic E-state index is 6.43. The summed E-state index contributed by atoms with van der Waals surface area (Å²) in [5.74, 6) is 0. The normalized spacial score (nSPS) is 13.3. The molecule has 0 bridgehead atoms. The number of hydrogen-bond acceptors (Lipinski definition) is 1. The van der Waals surface area contributed by atoms with E-state index in [2.05, 4.69) is 184 Å². The summed E-state index contributed by atoms with van der Waals surface area (Å²) in [6, 6.07) is 62.6. The van der Waals surface area contributed by atoms with Crippen molar-refractivity contribution >= 4 is 54.3 Å². The van der Waals surface area contributed by atoms with Crippen molar-refractivity contribution in [3.05, 3.63) is 181 Å². The first-order valence-corrected chi connectivity index (χ1v) is 18.2. The van der Waals surface area contributed by atoms with E-state index in [0.29, 0.717) is 0 Å². The minimum absolute atomic E-state index is 0.0955. The minimum Gasteiger partial charge on any atom is -0.456 e. The third-order valence-electron chi connectivity index (χ3n) is 11.7. The second-order valence-electron chi connectivity index (χ2n) is 14.8. The number of hydrogen-bond donors (Lipinski definition) is 0. The van der Waals surface area contributed by atoms with Gasteiger partial charge in [0, 0.05) is 16.2 Å². The van der Waals surface area contributed by atoms with Gasteiger partial charge in [0.15, 0.2) is 0 Å². The molecule has 9 aromatic carbocycles. The fourth-order valence-corrected chi connectivity index (χ4v) is 9.17. The van der Waals surface area contributed by atoms with E-state index in [1.165, 1.54) is 88.0 Å². The van der Waals surface area contributed by atoms with Gasteiger partial charge in [-0.2, -0.15) is 0 Å². The first-order valence-electron chi connectivity index (χ1n) is 18.2. The fraction of sp³-hybridized carbons (Fsp3) is 0.0588. The smallest absolute Gasteiger partial charge is 0.136 e. The molecule has 1 aromatic heterocycles. The fourth-order valence-electron chi connectivity index (χ4n) is 9.17. The third-order valence-corrected chi connectivity index (χ3v) is 11.7. The molecule has 0 unspecified atom stereocenters. The van der Waals surface area contributed by atoms with E-state index in [1.54, 1.807) is 0 Å². The Morgan fingerprint density at radius 2 is 0.981 bits per heavy atom. The van der Waals surface area contributed by atoms with Crippen LogP contribution in [0.25, 0.3) is 98.8 Å². The lowest BCUT2D eigenvalue weighted by Gasteiger charge is -2.23. The number of benzene rings is 9. The zero-order valence-electron chi connectivity index (χ0n) is 29.1. The van der Waals surface area contributed by atoms with Gasteiger partial charge in [0.2, 0.25) is 0 Å². The van der Waals surface area contributed by atoms with E-state index >= 15 is 0 Å². The Morgan fingerprint density at radius 3 is 1.87 bits per heavy atom. The van der Waals surface area contributed by atoms with Gasteiger partial charge in [0.1, 0.15) is 11.2 Å². The standard InChI is InChI=1S/C51H34O/c1-51(2)44-19-9-7-14-36(44)37-26-25-35(30-45(37)51)48-38-15-5-6-16-39(38)49(42-18-11-21-47-50(42)41-17-8-10-20-46(41)52-47)40-27-24-34(29-43(40)48)33-23-22-31-12-3-4-13-32(31)28-33/h3-30H,1-2H3. The molecule has 1 heterocycles.